The minimum Gasteiger partial charge on any atom is -0.373 e. The lowest BCUT2D eigenvalue weighted by Crippen LogP contribution is -2.51. The molecule has 0 N–H and O–H groups in total. The largest absolute Gasteiger partial charge is 0.373 e. The highest BCUT2D eigenvalue weighted by Crippen LogP contribution is 2.32. The summed E-state index contributed by atoms with van der Waals surface area (Å²) in [5.41, 5.74) is 1.01. The Balaban J connectivity index is 1.62. The molecule has 0 saturated carbocycles. The molecule has 2 atom stereocenters. The van der Waals surface area contributed by atoms with E-state index in [1.54, 1.807) is 4.90 Å². The van der Waals surface area contributed by atoms with Gasteiger partial charge in [0.15, 0.2) is 5.69 Å². The van der Waals surface area contributed by atoms with Crippen LogP contribution in [-0.4, -0.2) is 64.4 Å². The van der Waals surface area contributed by atoms with Crippen LogP contribution in [0.2, 0.25) is 0 Å². The van der Waals surface area contributed by atoms with Crippen LogP contribution in [0.4, 0.5) is 8.78 Å². The predicted octanol–water partition coefficient (Wildman–Crippen LogP) is 2.96. The van der Waals surface area contributed by atoms with Crippen LogP contribution >= 0.6 is 0 Å². The van der Waals surface area contributed by atoms with Crippen molar-refractivity contribution in [2.24, 2.45) is 0 Å². The summed E-state index contributed by atoms with van der Waals surface area (Å²) < 4.78 is 32.3. The van der Waals surface area contributed by atoms with Crippen molar-refractivity contribution in [1.29, 1.82) is 0 Å². The minimum absolute atomic E-state index is 0.0306. The molecule has 0 bridgehead atoms. The zero-order valence-corrected chi connectivity index (χ0v) is 15.6. The number of carbonyl (C=O) groups is 1. The molecular formula is C20H24F2N4O2. The van der Waals surface area contributed by atoms with Crippen molar-refractivity contribution in [3.05, 3.63) is 53.9 Å². The maximum atomic E-state index is 13.1. The number of amides is 1. The molecule has 4 rings (SSSR count). The number of carbonyl (C=O) groups excluding carboxylic acids is 1. The monoisotopic (exact) mass is 390 g/mol. The number of halogens is 2. The molecule has 6 nitrogen and oxygen atoms in total. The van der Waals surface area contributed by atoms with E-state index in [2.05, 4.69) is 10.00 Å². The third kappa shape index (κ3) is 3.93. The molecule has 8 heteroatoms. The number of hydrogen-bond acceptors (Lipinski definition) is 4. The van der Waals surface area contributed by atoms with Gasteiger partial charge in [0.05, 0.1) is 18.8 Å². The number of alkyl halides is 2. The van der Waals surface area contributed by atoms with E-state index in [1.165, 1.54) is 18.9 Å². The Bertz CT molecular complexity index is 793. The summed E-state index contributed by atoms with van der Waals surface area (Å²) in [5.74, 6) is -0.344. The van der Waals surface area contributed by atoms with Crippen LogP contribution in [0.15, 0.2) is 42.6 Å². The lowest BCUT2D eigenvalue weighted by Gasteiger charge is -2.42. The maximum Gasteiger partial charge on any atom is 0.333 e. The predicted molar refractivity (Wildman–Crippen MR) is 99.1 cm³/mol. The van der Waals surface area contributed by atoms with Crippen LogP contribution in [0.3, 0.4) is 0 Å². The lowest BCUT2D eigenvalue weighted by molar-refractivity contribution is -0.0709. The molecule has 2 fully saturated rings. The normalized spacial score (nSPS) is 23.5. The average Bonchev–Trinajstić information content (AvgIpc) is 3.40. The Kier molecular flexibility index (Phi) is 5.68. The molecule has 0 unspecified atom stereocenters. The Morgan fingerprint density at radius 1 is 1.14 bits per heavy atom. The second-order valence-electron chi connectivity index (χ2n) is 7.23. The van der Waals surface area contributed by atoms with Gasteiger partial charge in [0.1, 0.15) is 0 Å². The molecule has 2 saturated heterocycles. The standard InChI is InChI=1S/C20H24F2N4O2/c21-20(22)26-11-8-16(23-26)19(27)25-12-13-28-17(14-24-9-4-5-10-24)18(25)15-6-2-1-3-7-15/h1-3,6-8,11,17-18,20H,4-5,9-10,12-14H2/t17-,18-/m0/s1. The highest BCUT2D eigenvalue weighted by atomic mass is 19.3. The number of morpholine rings is 1. The van der Waals surface area contributed by atoms with Crippen LogP contribution in [0.25, 0.3) is 0 Å². The van der Waals surface area contributed by atoms with E-state index in [4.69, 9.17) is 4.74 Å². The number of rotatable bonds is 5. The summed E-state index contributed by atoms with van der Waals surface area (Å²) >= 11 is 0. The number of aromatic nitrogens is 2. The SMILES string of the molecule is O=C(c1ccn(C(F)F)n1)N1CCO[C@@H](CN2CCCC2)[C@@H]1c1ccccc1. The fraction of sp³-hybridized carbons (Fsp3) is 0.500. The van der Waals surface area contributed by atoms with Crippen LogP contribution in [-0.2, 0) is 4.74 Å². The van der Waals surface area contributed by atoms with Crippen LogP contribution in [0.1, 0.15) is 41.5 Å². The van der Waals surface area contributed by atoms with Gasteiger partial charge >= 0.3 is 6.55 Å². The Morgan fingerprint density at radius 3 is 2.57 bits per heavy atom. The summed E-state index contributed by atoms with van der Waals surface area (Å²) in [6.07, 6.45) is 3.32. The van der Waals surface area contributed by atoms with Crippen molar-refractivity contribution in [1.82, 2.24) is 19.6 Å². The molecule has 0 aliphatic carbocycles. The summed E-state index contributed by atoms with van der Waals surface area (Å²) in [6.45, 7) is 0.871. The zero-order valence-electron chi connectivity index (χ0n) is 15.6. The maximum absolute atomic E-state index is 13.1. The molecule has 2 aromatic rings. The number of benzene rings is 1. The minimum atomic E-state index is -2.76. The van der Waals surface area contributed by atoms with Gasteiger partial charge in [-0.1, -0.05) is 30.3 Å². The van der Waals surface area contributed by atoms with Crippen molar-refractivity contribution < 1.29 is 18.3 Å². The third-order valence-electron chi connectivity index (χ3n) is 5.42. The Hall–Kier alpha value is -2.32. The van der Waals surface area contributed by atoms with Crippen molar-refractivity contribution in [2.75, 3.05) is 32.8 Å². The third-order valence-corrected chi connectivity index (χ3v) is 5.42. The van der Waals surface area contributed by atoms with Gasteiger partial charge in [0, 0.05) is 19.3 Å². The van der Waals surface area contributed by atoms with Gasteiger partial charge in [-0.25, -0.2) is 4.68 Å². The van der Waals surface area contributed by atoms with Crippen molar-refractivity contribution >= 4 is 5.91 Å². The number of hydrogen-bond donors (Lipinski definition) is 0. The van der Waals surface area contributed by atoms with Crippen LogP contribution in [0, 0.1) is 0 Å². The number of likely N-dealkylation sites (tertiary alicyclic amines) is 1. The second-order valence-corrected chi connectivity index (χ2v) is 7.23. The summed E-state index contributed by atoms with van der Waals surface area (Å²) in [5, 5.41) is 3.77. The van der Waals surface area contributed by atoms with Gasteiger partial charge in [-0.15, -0.1) is 0 Å². The smallest absolute Gasteiger partial charge is 0.333 e. The van der Waals surface area contributed by atoms with Crippen LogP contribution in [0.5, 0.6) is 0 Å². The molecule has 0 spiro atoms. The molecular weight excluding hydrogens is 366 g/mol. The molecule has 0 radical (unpaired) electrons. The summed E-state index contributed by atoms with van der Waals surface area (Å²) in [7, 11) is 0. The molecule has 2 aliphatic heterocycles. The molecule has 1 amide bonds. The summed E-state index contributed by atoms with van der Waals surface area (Å²) in [4.78, 5) is 17.2. The van der Waals surface area contributed by atoms with Gasteiger partial charge in [0.2, 0.25) is 0 Å². The topological polar surface area (TPSA) is 50.6 Å². The second kappa shape index (κ2) is 8.36. The first-order valence-electron chi connectivity index (χ1n) is 9.66. The first kappa shape index (κ1) is 19.0. The van der Waals surface area contributed by atoms with E-state index < -0.39 is 6.55 Å². The van der Waals surface area contributed by atoms with E-state index in [0.29, 0.717) is 17.8 Å². The quantitative estimate of drug-likeness (QED) is 0.788. The summed E-state index contributed by atoms with van der Waals surface area (Å²) in [6, 6.07) is 10.8. The van der Waals surface area contributed by atoms with Gasteiger partial charge in [-0.05, 0) is 37.6 Å². The van der Waals surface area contributed by atoms with Gasteiger partial charge in [-0.2, -0.15) is 13.9 Å². The molecule has 150 valence electrons. The van der Waals surface area contributed by atoms with Crippen LogP contribution < -0.4 is 0 Å². The van der Waals surface area contributed by atoms with Crippen molar-refractivity contribution in [3.63, 3.8) is 0 Å². The van der Waals surface area contributed by atoms with E-state index in [-0.39, 0.29) is 23.7 Å². The first-order chi connectivity index (χ1) is 13.6. The van der Waals surface area contributed by atoms with E-state index in [9.17, 15) is 13.6 Å². The fourth-order valence-corrected chi connectivity index (χ4v) is 4.09. The van der Waals surface area contributed by atoms with Crippen molar-refractivity contribution in [2.45, 2.75) is 31.5 Å². The molecule has 1 aromatic heterocycles. The average molecular weight is 390 g/mol. The van der Waals surface area contributed by atoms with Gasteiger partial charge in [-0.3, -0.25) is 4.79 Å². The number of ether oxygens (including phenoxy) is 1. The van der Waals surface area contributed by atoms with E-state index in [1.807, 2.05) is 30.3 Å². The first-order valence-corrected chi connectivity index (χ1v) is 9.66. The highest BCUT2D eigenvalue weighted by Gasteiger charge is 2.38. The number of nitrogens with zero attached hydrogens (tertiary/aromatic N) is 4. The zero-order chi connectivity index (χ0) is 19.5. The van der Waals surface area contributed by atoms with Crippen molar-refractivity contribution in [3.8, 4) is 0 Å². The Morgan fingerprint density at radius 2 is 1.89 bits per heavy atom. The van der Waals surface area contributed by atoms with E-state index in [0.717, 1.165) is 31.4 Å². The molecule has 1 aromatic carbocycles. The highest BCUT2D eigenvalue weighted by molar-refractivity contribution is 5.92. The molecule has 28 heavy (non-hydrogen) atoms. The fourth-order valence-electron chi connectivity index (χ4n) is 4.09. The van der Waals surface area contributed by atoms with E-state index >= 15 is 0 Å². The molecule has 2 aliphatic rings. The van der Waals surface area contributed by atoms with Gasteiger partial charge in [0.25, 0.3) is 5.91 Å². The van der Waals surface area contributed by atoms with Gasteiger partial charge < -0.3 is 14.5 Å². The molecule has 3 heterocycles. The lowest BCUT2D eigenvalue weighted by atomic mass is 9.97. The Labute approximate surface area is 162 Å².